The maximum atomic E-state index is 12.0. The number of carbonyl (C=O) groups is 2. The van der Waals surface area contributed by atoms with Crippen molar-refractivity contribution in [2.75, 3.05) is 33.3 Å². The standard InChI is InChI=1S/C12H17N3O3/c1-18-12(17)15-7-5-14(6-8-15)11(16)9-10-3-2-4-13-10/h2-4,13H,5-9H2,1H3. The summed E-state index contributed by atoms with van der Waals surface area (Å²) >= 11 is 0. The summed E-state index contributed by atoms with van der Waals surface area (Å²) in [6.07, 6.45) is 1.86. The molecule has 98 valence electrons. The molecule has 2 amide bonds. The first-order chi connectivity index (χ1) is 8.70. The number of H-pyrrole nitrogens is 1. The van der Waals surface area contributed by atoms with Crippen molar-refractivity contribution in [1.29, 1.82) is 0 Å². The van der Waals surface area contributed by atoms with Crippen LogP contribution in [0.1, 0.15) is 5.69 Å². The van der Waals surface area contributed by atoms with Crippen LogP contribution in [-0.4, -0.2) is 60.1 Å². The van der Waals surface area contributed by atoms with Gasteiger partial charge in [-0.2, -0.15) is 0 Å². The lowest BCUT2D eigenvalue weighted by Gasteiger charge is -2.33. The van der Waals surface area contributed by atoms with E-state index in [2.05, 4.69) is 9.72 Å². The average molecular weight is 251 g/mol. The molecule has 0 bridgehead atoms. The lowest BCUT2D eigenvalue weighted by molar-refractivity contribution is -0.132. The number of hydrogen-bond acceptors (Lipinski definition) is 3. The number of amides is 2. The van der Waals surface area contributed by atoms with Gasteiger partial charge in [-0.25, -0.2) is 4.79 Å². The third kappa shape index (κ3) is 2.82. The van der Waals surface area contributed by atoms with E-state index in [9.17, 15) is 9.59 Å². The van der Waals surface area contributed by atoms with E-state index < -0.39 is 0 Å². The molecule has 2 rings (SSSR count). The summed E-state index contributed by atoms with van der Waals surface area (Å²) in [6, 6.07) is 3.76. The zero-order chi connectivity index (χ0) is 13.0. The minimum atomic E-state index is -0.327. The fourth-order valence-electron chi connectivity index (χ4n) is 2.02. The zero-order valence-corrected chi connectivity index (χ0v) is 10.4. The molecule has 1 aliphatic heterocycles. The molecule has 0 spiro atoms. The van der Waals surface area contributed by atoms with Crippen molar-refractivity contribution < 1.29 is 14.3 Å². The van der Waals surface area contributed by atoms with Crippen molar-refractivity contribution in [3.63, 3.8) is 0 Å². The van der Waals surface area contributed by atoms with Gasteiger partial charge in [0, 0.05) is 38.1 Å². The highest BCUT2D eigenvalue weighted by atomic mass is 16.5. The fraction of sp³-hybridized carbons (Fsp3) is 0.500. The van der Waals surface area contributed by atoms with Crippen molar-refractivity contribution in [2.45, 2.75) is 6.42 Å². The predicted molar refractivity (Wildman–Crippen MR) is 65.1 cm³/mol. The first-order valence-corrected chi connectivity index (χ1v) is 5.93. The monoisotopic (exact) mass is 251 g/mol. The van der Waals surface area contributed by atoms with E-state index >= 15 is 0 Å². The van der Waals surface area contributed by atoms with Gasteiger partial charge >= 0.3 is 6.09 Å². The maximum Gasteiger partial charge on any atom is 0.409 e. The van der Waals surface area contributed by atoms with Gasteiger partial charge in [-0.05, 0) is 12.1 Å². The molecule has 6 heteroatoms. The normalized spacial score (nSPS) is 15.6. The molecule has 1 aromatic rings. The number of rotatable bonds is 2. The highest BCUT2D eigenvalue weighted by Gasteiger charge is 2.24. The Labute approximate surface area is 106 Å². The first kappa shape index (κ1) is 12.5. The van der Waals surface area contributed by atoms with Crippen molar-refractivity contribution in [3.05, 3.63) is 24.0 Å². The van der Waals surface area contributed by atoms with Gasteiger partial charge in [-0.1, -0.05) is 0 Å². The second kappa shape index (κ2) is 5.57. The number of nitrogens with one attached hydrogen (secondary N) is 1. The van der Waals surface area contributed by atoms with Gasteiger partial charge in [0.05, 0.1) is 13.5 Å². The van der Waals surface area contributed by atoms with Gasteiger partial charge in [-0.3, -0.25) is 4.79 Å². The molecule has 0 atom stereocenters. The predicted octanol–water partition coefficient (Wildman–Crippen LogP) is 0.468. The number of aromatic nitrogens is 1. The van der Waals surface area contributed by atoms with Crippen LogP contribution in [0.15, 0.2) is 18.3 Å². The molecule has 1 aromatic heterocycles. The molecule has 1 N–H and O–H groups in total. The van der Waals surface area contributed by atoms with Gasteiger partial charge < -0.3 is 19.5 Å². The summed E-state index contributed by atoms with van der Waals surface area (Å²) in [5, 5.41) is 0. The maximum absolute atomic E-state index is 12.0. The molecule has 1 saturated heterocycles. The number of aromatic amines is 1. The largest absolute Gasteiger partial charge is 0.453 e. The van der Waals surface area contributed by atoms with E-state index in [1.165, 1.54) is 7.11 Å². The molecule has 0 radical (unpaired) electrons. The third-order valence-corrected chi connectivity index (χ3v) is 3.07. The van der Waals surface area contributed by atoms with Crippen LogP contribution in [0.4, 0.5) is 4.79 Å². The van der Waals surface area contributed by atoms with Crippen molar-refractivity contribution in [3.8, 4) is 0 Å². The van der Waals surface area contributed by atoms with Crippen LogP contribution in [-0.2, 0) is 16.0 Å². The van der Waals surface area contributed by atoms with E-state index in [-0.39, 0.29) is 12.0 Å². The smallest absolute Gasteiger partial charge is 0.409 e. The van der Waals surface area contributed by atoms with Gasteiger partial charge in [-0.15, -0.1) is 0 Å². The van der Waals surface area contributed by atoms with Crippen molar-refractivity contribution >= 4 is 12.0 Å². The van der Waals surface area contributed by atoms with Crippen LogP contribution in [0.2, 0.25) is 0 Å². The summed E-state index contributed by atoms with van der Waals surface area (Å²) in [5.74, 6) is 0.0852. The minimum Gasteiger partial charge on any atom is -0.453 e. The van der Waals surface area contributed by atoms with Gasteiger partial charge in [0.15, 0.2) is 0 Å². The lowest BCUT2D eigenvalue weighted by Crippen LogP contribution is -2.50. The molecule has 18 heavy (non-hydrogen) atoms. The quantitative estimate of drug-likeness (QED) is 0.830. The van der Waals surface area contributed by atoms with Crippen LogP contribution < -0.4 is 0 Å². The van der Waals surface area contributed by atoms with Crippen molar-refractivity contribution in [1.82, 2.24) is 14.8 Å². The van der Waals surface area contributed by atoms with E-state index in [0.29, 0.717) is 32.6 Å². The number of carbonyl (C=O) groups excluding carboxylic acids is 2. The highest BCUT2D eigenvalue weighted by Crippen LogP contribution is 2.06. The topological polar surface area (TPSA) is 65.6 Å². The molecule has 0 aromatic carbocycles. The van der Waals surface area contributed by atoms with Crippen LogP contribution >= 0.6 is 0 Å². The van der Waals surface area contributed by atoms with Crippen LogP contribution in [0.25, 0.3) is 0 Å². The molecular weight excluding hydrogens is 234 g/mol. The molecule has 0 unspecified atom stereocenters. The summed E-state index contributed by atoms with van der Waals surface area (Å²) < 4.78 is 4.65. The lowest BCUT2D eigenvalue weighted by atomic mass is 10.2. The Morgan fingerprint density at radius 1 is 1.28 bits per heavy atom. The summed E-state index contributed by atoms with van der Waals surface area (Å²) in [6.45, 7) is 2.19. The van der Waals surface area contributed by atoms with Gasteiger partial charge in [0.25, 0.3) is 0 Å². The molecule has 6 nitrogen and oxygen atoms in total. The molecule has 0 saturated carbocycles. The second-order valence-corrected chi connectivity index (χ2v) is 4.21. The average Bonchev–Trinajstić information content (AvgIpc) is 2.91. The molecule has 1 fully saturated rings. The molecular formula is C12H17N3O3. The number of nitrogens with zero attached hydrogens (tertiary/aromatic N) is 2. The Balaban J connectivity index is 1.82. The van der Waals surface area contributed by atoms with Gasteiger partial charge in [0.2, 0.25) is 5.91 Å². The first-order valence-electron chi connectivity index (χ1n) is 5.93. The summed E-state index contributed by atoms with van der Waals surface area (Å²) in [5.41, 5.74) is 0.912. The third-order valence-electron chi connectivity index (χ3n) is 3.07. The Bertz CT molecular complexity index is 408. The molecule has 2 heterocycles. The van der Waals surface area contributed by atoms with E-state index in [1.807, 2.05) is 12.1 Å². The molecule has 0 aliphatic carbocycles. The highest BCUT2D eigenvalue weighted by molar-refractivity contribution is 5.78. The Kier molecular flexibility index (Phi) is 3.86. The molecule has 1 aliphatic rings. The van der Waals surface area contributed by atoms with Crippen LogP contribution in [0.3, 0.4) is 0 Å². The fourth-order valence-corrected chi connectivity index (χ4v) is 2.02. The van der Waals surface area contributed by atoms with E-state index in [4.69, 9.17) is 0 Å². The summed E-state index contributed by atoms with van der Waals surface area (Å²) in [4.78, 5) is 29.7. The van der Waals surface area contributed by atoms with Crippen LogP contribution in [0.5, 0.6) is 0 Å². The Morgan fingerprint density at radius 3 is 2.50 bits per heavy atom. The number of hydrogen-bond donors (Lipinski definition) is 1. The van der Waals surface area contributed by atoms with Gasteiger partial charge in [0.1, 0.15) is 0 Å². The van der Waals surface area contributed by atoms with Crippen LogP contribution in [0, 0.1) is 0 Å². The SMILES string of the molecule is COC(=O)N1CCN(C(=O)Cc2ccc[nH]2)CC1. The number of piperazine rings is 1. The minimum absolute atomic E-state index is 0.0852. The number of ether oxygens (including phenoxy) is 1. The zero-order valence-electron chi connectivity index (χ0n) is 10.4. The van der Waals surface area contributed by atoms with E-state index in [0.717, 1.165) is 5.69 Å². The van der Waals surface area contributed by atoms with Crippen molar-refractivity contribution in [2.24, 2.45) is 0 Å². The Morgan fingerprint density at radius 2 is 1.94 bits per heavy atom. The Hall–Kier alpha value is -1.98. The second-order valence-electron chi connectivity index (χ2n) is 4.21. The summed E-state index contributed by atoms with van der Waals surface area (Å²) in [7, 11) is 1.37. The van der Waals surface area contributed by atoms with E-state index in [1.54, 1.807) is 16.0 Å². The number of methoxy groups -OCH3 is 1.